The van der Waals surface area contributed by atoms with Crippen LogP contribution in [0.2, 0.25) is 0 Å². The summed E-state index contributed by atoms with van der Waals surface area (Å²) in [5, 5.41) is 9.56. The first-order valence-corrected chi connectivity index (χ1v) is 7.56. The van der Waals surface area contributed by atoms with Crippen LogP contribution in [0.5, 0.6) is 23.0 Å². The van der Waals surface area contributed by atoms with Gasteiger partial charge in [0.25, 0.3) is 0 Å². The van der Waals surface area contributed by atoms with Crippen molar-refractivity contribution in [1.82, 2.24) is 0 Å². The number of phenolic OH excluding ortho intramolecular Hbond substituents is 1. The normalized spacial score (nSPS) is 12.6. The standard InChI is InChI=1S/C17H13BrO5/c1-21-15-7-11(3-5-14(15)20)13(19)4-2-10-6-16-17(8-12(10)18)23-9-22-16/h2-8,20H,9H2,1H3/b4-2+. The number of methoxy groups -OCH3 is 1. The van der Waals surface area contributed by atoms with Gasteiger partial charge in [0.15, 0.2) is 28.8 Å². The lowest BCUT2D eigenvalue weighted by atomic mass is 10.1. The molecule has 0 saturated heterocycles. The molecule has 118 valence electrons. The lowest BCUT2D eigenvalue weighted by Crippen LogP contribution is -1.95. The van der Waals surface area contributed by atoms with Crippen LogP contribution in [0.3, 0.4) is 0 Å². The molecular weight excluding hydrogens is 364 g/mol. The van der Waals surface area contributed by atoms with E-state index < -0.39 is 0 Å². The van der Waals surface area contributed by atoms with Gasteiger partial charge >= 0.3 is 0 Å². The zero-order chi connectivity index (χ0) is 16.4. The maximum atomic E-state index is 12.2. The maximum Gasteiger partial charge on any atom is 0.231 e. The Hall–Kier alpha value is -2.47. The molecule has 3 rings (SSSR count). The second-order valence-corrected chi connectivity index (χ2v) is 5.67. The second kappa shape index (κ2) is 6.34. The van der Waals surface area contributed by atoms with Crippen molar-refractivity contribution in [3.05, 3.63) is 52.0 Å². The van der Waals surface area contributed by atoms with E-state index in [1.807, 2.05) is 0 Å². The van der Waals surface area contributed by atoms with Gasteiger partial charge in [0.05, 0.1) is 7.11 Å². The number of ketones is 1. The molecule has 1 heterocycles. The Morgan fingerprint density at radius 2 is 2.00 bits per heavy atom. The zero-order valence-electron chi connectivity index (χ0n) is 12.2. The topological polar surface area (TPSA) is 65.0 Å². The SMILES string of the molecule is COc1cc(C(=O)/C=C/c2cc3c(cc2Br)OCO3)ccc1O. The number of halogens is 1. The molecule has 2 aromatic rings. The fourth-order valence-electron chi connectivity index (χ4n) is 2.15. The minimum Gasteiger partial charge on any atom is -0.504 e. The largest absolute Gasteiger partial charge is 0.504 e. The van der Waals surface area contributed by atoms with Crippen molar-refractivity contribution in [2.24, 2.45) is 0 Å². The van der Waals surface area contributed by atoms with Crippen molar-refractivity contribution in [1.29, 1.82) is 0 Å². The zero-order valence-corrected chi connectivity index (χ0v) is 13.8. The molecule has 0 fully saturated rings. The second-order valence-electron chi connectivity index (χ2n) is 4.81. The maximum absolute atomic E-state index is 12.2. The summed E-state index contributed by atoms with van der Waals surface area (Å²) in [5.41, 5.74) is 1.22. The van der Waals surface area contributed by atoms with E-state index in [0.29, 0.717) is 17.1 Å². The average molecular weight is 377 g/mol. The van der Waals surface area contributed by atoms with E-state index in [1.54, 1.807) is 24.3 Å². The summed E-state index contributed by atoms with van der Waals surface area (Å²) >= 11 is 3.44. The summed E-state index contributed by atoms with van der Waals surface area (Å²) in [6, 6.07) is 8.07. The van der Waals surface area contributed by atoms with Crippen LogP contribution in [-0.4, -0.2) is 24.8 Å². The molecule has 0 atom stereocenters. The van der Waals surface area contributed by atoms with Crippen molar-refractivity contribution in [2.75, 3.05) is 13.9 Å². The van der Waals surface area contributed by atoms with Crippen LogP contribution in [0.4, 0.5) is 0 Å². The Morgan fingerprint density at radius 1 is 1.26 bits per heavy atom. The summed E-state index contributed by atoms with van der Waals surface area (Å²) in [6.45, 7) is 0.196. The van der Waals surface area contributed by atoms with Crippen LogP contribution in [0, 0.1) is 0 Å². The van der Waals surface area contributed by atoms with Crippen molar-refractivity contribution in [2.45, 2.75) is 0 Å². The summed E-state index contributed by atoms with van der Waals surface area (Å²) in [4.78, 5) is 12.2. The molecule has 0 amide bonds. The van der Waals surface area contributed by atoms with Crippen molar-refractivity contribution >= 4 is 27.8 Å². The predicted molar refractivity (Wildman–Crippen MR) is 88.3 cm³/mol. The molecule has 0 spiro atoms. The van der Waals surface area contributed by atoms with E-state index in [9.17, 15) is 9.90 Å². The van der Waals surface area contributed by atoms with Gasteiger partial charge in [-0.2, -0.15) is 0 Å². The van der Waals surface area contributed by atoms with Crippen molar-refractivity contribution in [3.8, 4) is 23.0 Å². The lowest BCUT2D eigenvalue weighted by Gasteiger charge is -2.04. The van der Waals surface area contributed by atoms with E-state index in [-0.39, 0.29) is 24.1 Å². The van der Waals surface area contributed by atoms with Gasteiger partial charge in [0.1, 0.15) is 0 Å². The fraction of sp³-hybridized carbons (Fsp3) is 0.118. The van der Waals surface area contributed by atoms with Gasteiger partial charge in [-0.15, -0.1) is 0 Å². The molecule has 0 aromatic heterocycles. The van der Waals surface area contributed by atoms with E-state index in [0.717, 1.165) is 10.0 Å². The van der Waals surface area contributed by atoms with Gasteiger partial charge in [-0.3, -0.25) is 4.79 Å². The molecule has 1 aliphatic heterocycles. The summed E-state index contributed by atoms with van der Waals surface area (Å²) in [6.07, 6.45) is 3.14. The van der Waals surface area contributed by atoms with Crippen LogP contribution in [0.1, 0.15) is 15.9 Å². The third-order valence-electron chi connectivity index (χ3n) is 3.37. The average Bonchev–Trinajstić information content (AvgIpc) is 2.99. The first-order valence-electron chi connectivity index (χ1n) is 6.77. The number of allylic oxidation sites excluding steroid dienone is 1. The summed E-state index contributed by atoms with van der Waals surface area (Å²) in [5.74, 6) is 1.36. The number of benzene rings is 2. The van der Waals surface area contributed by atoms with Crippen LogP contribution < -0.4 is 14.2 Å². The van der Waals surface area contributed by atoms with Crippen LogP contribution >= 0.6 is 15.9 Å². The smallest absolute Gasteiger partial charge is 0.231 e. The van der Waals surface area contributed by atoms with Crippen LogP contribution in [-0.2, 0) is 0 Å². The Balaban J connectivity index is 1.84. The number of carbonyl (C=O) groups is 1. The fourth-order valence-corrected chi connectivity index (χ4v) is 2.61. The van der Waals surface area contributed by atoms with E-state index in [4.69, 9.17) is 14.2 Å². The number of rotatable bonds is 4. The van der Waals surface area contributed by atoms with Gasteiger partial charge in [0, 0.05) is 10.0 Å². The minimum atomic E-state index is -0.201. The Kier molecular flexibility index (Phi) is 4.25. The Bertz CT molecular complexity index is 798. The number of hydrogen-bond donors (Lipinski definition) is 1. The number of ether oxygens (including phenoxy) is 3. The molecule has 2 aromatic carbocycles. The van der Waals surface area contributed by atoms with Gasteiger partial charge in [-0.1, -0.05) is 15.9 Å². The highest BCUT2D eigenvalue weighted by Crippen LogP contribution is 2.37. The number of carbonyl (C=O) groups excluding carboxylic acids is 1. The Morgan fingerprint density at radius 3 is 2.74 bits per heavy atom. The number of phenols is 1. The third-order valence-corrected chi connectivity index (χ3v) is 4.06. The van der Waals surface area contributed by atoms with Gasteiger partial charge in [-0.25, -0.2) is 0 Å². The number of aromatic hydroxyl groups is 1. The summed E-state index contributed by atoms with van der Waals surface area (Å²) in [7, 11) is 1.43. The van der Waals surface area contributed by atoms with E-state index in [2.05, 4.69) is 15.9 Å². The number of hydrogen-bond acceptors (Lipinski definition) is 5. The molecule has 0 saturated carbocycles. The highest BCUT2D eigenvalue weighted by atomic mass is 79.9. The molecular formula is C17H13BrO5. The predicted octanol–water partition coefficient (Wildman–Crippen LogP) is 3.79. The van der Waals surface area contributed by atoms with Gasteiger partial charge in [-0.05, 0) is 48.0 Å². The minimum absolute atomic E-state index is 0.00783. The van der Waals surface area contributed by atoms with E-state index in [1.165, 1.54) is 25.3 Å². The molecule has 0 bridgehead atoms. The monoisotopic (exact) mass is 376 g/mol. The van der Waals surface area contributed by atoms with Crippen molar-refractivity contribution < 1.29 is 24.1 Å². The molecule has 6 heteroatoms. The Labute approximate surface area is 141 Å². The molecule has 0 aliphatic carbocycles. The highest BCUT2D eigenvalue weighted by Gasteiger charge is 2.15. The molecule has 5 nitrogen and oxygen atoms in total. The third kappa shape index (κ3) is 3.17. The highest BCUT2D eigenvalue weighted by molar-refractivity contribution is 9.10. The molecule has 0 radical (unpaired) electrons. The quantitative estimate of drug-likeness (QED) is 0.649. The van der Waals surface area contributed by atoms with Crippen molar-refractivity contribution in [3.63, 3.8) is 0 Å². The first kappa shape index (κ1) is 15.4. The lowest BCUT2D eigenvalue weighted by molar-refractivity contribution is 0.104. The van der Waals surface area contributed by atoms with Gasteiger partial charge in [0.2, 0.25) is 6.79 Å². The first-order chi connectivity index (χ1) is 11.1. The molecule has 23 heavy (non-hydrogen) atoms. The molecule has 1 N–H and O–H groups in total. The molecule has 1 aliphatic rings. The summed E-state index contributed by atoms with van der Waals surface area (Å²) < 4.78 is 16.4. The molecule has 0 unspecified atom stereocenters. The van der Waals surface area contributed by atoms with Crippen LogP contribution in [0.25, 0.3) is 6.08 Å². The van der Waals surface area contributed by atoms with Crippen LogP contribution in [0.15, 0.2) is 40.9 Å². The number of fused-ring (bicyclic) bond motifs is 1. The van der Waals surface area contributed by atoms with E-state index >= 15 is 0 Å². The van der Waals surface area contributed by atoms with Gasteiger partial charge < -0.3 is 19.3 Å².